The highest BCUT2D eigenvalue weighted by Crippen LogP contribution is 2.28. The van der Waals surface area contributed by atoms with E-state index in [-0.39, 0.29) is 17.1 Å². The number of anilines is 1. The van der Waals surface area contributed by atoms with Crippen LogP contribution in [-0.4, -0.2) is 26.4 Å². The minimum absolute atomic E-state index is 0.0559. The van der Waals surface area contributed by atoms with Crippen molar-refractivity contribution in [2.45, 2.75) is 4.90 Å². The van der Waals surface area contributed by atoms with Crippen LogP contribution in [0.15, 0.2) is 53.4 Å². The number of nitro benzene ring substituents is 1. The maximum absolute atomic E-state index is 13.3. The van der Waals surface area contributed by atoms with Crippen LogP contribution in [0.5, 0.6) is 5.75 Å². The van der Waals surface area contributed by atoms with E-state index >= 15 is 0 Å². The number of rotatable bonds is 6. The molecule has 136 valence electrons. The first kappa shape index (κ1) is 19.1. The van der Waals surface area contributed by atoms with E-state index in [2.05, 4.69) is 5.32 Å². The van der Waals surface area contributed by atoms with Crippen molar-refractivity contribution < 1.29 is 26.8 Å². The number of benzene rings is 2. The van der Waals surface area contributed by atoms with Gasteiger partial charge in [-0.1, -0.05) is 0 Å². The monoisotopic (exact) mass is 380 g/mol. The van der Waals surface area contributed by atoms with Crippen molar-refractivity contribution in [3.8, 4) is 5.75 Å². The van der Waals surface area contributed by atoms with Crippen LogP contribution in [0.1, 0.15) is 5.56 Å². The van der Waals surface area contributed by atoms with Gasteiger partial charge in [0.1, 0.15) is 10.6 Å². The van der Waals surface area contributed by atoms with Gasteiger partial charge in [0.25, 0.3) is 5.69 Å². The largest absolute Gasteiger partial charge is 0.495 e. The summed E-state index contributed by atoms with van der Waals surface area (Å²) in [6.45, 7) is 0. The highest BCUT2D eigenvalue weighted by atomic mass is 32.3. The Kier molecular flexibility index (Phi) is 5.68. The molecule has 1 N–H and O–H groups in total. The van der Waals surface area contributed by atoms with Crippen LogP contribution in [-0.2, 0) is 15.0 Å². The van der Waals surface area contributed by atoms with Crippen molar-refractivity contribution in [3.05, 3.63) is 64.2 Å². The molecule has 0 aliphatic heterocycles. The summed E-state index contributed by atoms with van der Waals surface area (Å²) in [6, 6.07) is 9.00. The first-order valence-electron chi connectivity index (χ1n) is 7.07. The van der Waals surface area contributed by atoms with Gasteiger partial charge >= 0.3 is 10.2 Å². The molecule has 0 aromatic heterocycles. The third-order valence-corrected chi connectivity index (χ3v) is 4.07. The molecule has 0 fully saturated rings. The lowest BCUT2D eigenvalue weighted by atomic mass is 10.2. The van der Waals surface area contributed by atoms with Crippen LogP contribution in [0.25, 0.3) is 6.08 Å². The number of non-ortho nitro benzene ring substituents is 1. The summed E-state index contributed by atoms with van der Waals surface area (Å²) in [6.07, 6.45) is 2.56. The van der Waals surface area contributed by atoms with Crippen molar-refractivity contribution in [2.75, 3.05) is 12.4 Å². The molecule has 0 heterocycles. The van der Waals surface area contributed by atoms with Crippen LogP contribution < -0.4 is 10.1 Å². The van der Waals surface area contributed by atoms with Crippen molar-refractivity contribution in [1.29, 1.82) is 0 Å². The van der Waals surface area contributed by atoms with Crippen molar-refractivity contribution >= 4 is 33.6 Å². The zero-order chi connectivity index (χ0) is 19.3. The highest BCUT2D eigenvalue weighted by Gasteiger charge is 2.19. The third kappa shape index (κ3) is 4.86. The molecule has 0 aliphatic rings. The van der Waals surface area contributed by atoms with E-state index in [1.807, 2.05) is 0 Å². The van der Waals surface area contributed by atoms with Gasteiger partial charge in [-0.15, -0.1) is 3.89 Å². The van der Waals surface area contributed by atoms with Gasteiger partial charge in [0, 0.05) is 23.9 Å². The van der Waals surface area contributed by atoms with Crippen molar-refractivity contribution in [2.24, 2.45) is 0 Å². The van der Waals surface area contributed by atoms with Gasteiger partial charge in [0.15, 0.2) is 0 Å². The fourth-order valence-corrected chi connectivity index (χ4v) is 2.67. The molecule has 2 aromatic carbocycles. The molecule has 0 saturated heterocycles. The number of nitrogens with one attached hydrogen (secondary N) is 1. The number of nitro groups is 1. The average Bonchev–Trinajstić information content (AvgIpc) is 2.59. The Morgan fingerprint density at radius 3 is 2.42 bits per heavy atom. The van der Waals surface area contributed by atoms with E-state index in [0.29, 0.717) is 5.56 Å². The molecule has 2 aromatic rings. The van der Waals surface area contributed by atoms with Crippen molar-refractivity contribution in [1.82, 2.24) is 0 Å². The Morgan fingerprint density at radius 2 is 1.88 bits per heavy atom. The topological polar surface area (TPSA) is 116 Å². The molecule has 26 heavy (non-hydrogen) atoms. The standard InChI is InChI=1S/C16H13FN2O6S/c1-25-14-8-5-12(10-15(14)26(17,23)24)18-16(20)9-4-11-2-6-13(7-3-11)19(21)22/h2-10H,1H3,(H,18,20). The number of carbonyl (C=O) groups excluding carboxylic acids is 1. The van der Waals surface area contributed by atoms with Crippen LogP contribution in [0, 0.1) is 10.1 Å². The molecule has 8 nitrogen and oxygen atoms in total. The van der Waals surface area contributed by atoms with Gasteiger partial charge in [-0.05, 0) is 42.0 Å². The normalized spacial score (nSPS) is 11.3. The van der Waals surface area contributed by atoms with Crippen LogP contribution in [0.2, 0.25) is 0 Å². The second kappa shape index (κ2) is 7.74. The molecule has 0 aliphatic carbocycles. The van der Waals surface area contributed by atoms with Gasteiger partial charge < -0.3 is 10.1 Å². The number of methoxy groups -OCH3 is 1. The number of hydrogen-bond donors (Lipinski definition) is 1. The maximum atomic E-state index is 13.3. The Labute approximate surface area is 148 Å². The molecular formula is C16H13FN2O6S. The van der Waals surface area contributed by atoms with E-state index in [9.17, 15) is 27.2 Å². The fourth-order valence-electron chi connectivity index (χ4n) is 2.01. The number of amides is 1. The van der Waals surface area contributed by atoms with Gasteiger partial charge in [0.2, 0.25) is 5.91 Å². The highest BCUT2D eigenvalue weighted by molar-refractivity contribution is 7.86. The lowest BCUT2D eigenvalue weighted by Gasteiger charge is -2.08. The van der Waals surface area contributed by atoms with Gasteiger partial charge in [-0.25, -0.2) is 0 Å². The average molecular weight is 380 g/mol. The predicted octanol–water partition coefficient (Wildman–Crippen LogP) is 2.91. The minimum Gasteiger partial charge on any atom is -0.495 e. The Balaban J connectivity index is 2.13. The SMILES string of the molecule is COc1ccc(NC(=O)C=Cc2ccc([N+](=O)[O-])cc2)cc1S(=O)(=O)F. The van der Waals surface area contributed by atoms with Crippen LogP contribution >= 0.6 is 0 Å². The molecule has 2 rings (SSSR count). The van der Waals surface area contributed by atoms with Crippen molar-refractivity contribution in [3.63, 3.8) is 0 Å². The lowest BCUT2D eigenvalue weighted by Crippen LogP contribution is -2.08. The molecule has 10 heteroatoms. The predicted molar refractivity (Wildman–Crippen MR) is 92.0 cm³/mol. The first-order valence-corrected chi connectivity index (χ1v) is 8.45. The number of hydrogen-bond acceptors (Lipinski definition) is 6. The second-order valence-electron chi connectivity index (χ2n) is 4.97. The Morgan fingerprint density at radius 1 is 1.23 bits per heavy atom. The lowest BCUT2D eigenvalue weighted by molar-refractivity contribution is -0.384. The number of halogens is 1. The smallest absolute Gasteiger partial charge is 0.335 e. The zero-order valence-electron chi connectivity index (χ0n) is 13.4. The fraction of sp³-hybridized carbons (Fsp3) is 0.0625. The summed E-state index contributed by atoms with van der Waals surface area (Å²) < 4.78 is 40.3. The zero-order valence-corrected chi connectivity index (χ0v) is 14.2. The quantitative estimate of drug-likeness (QED) is 0.356. The first-order chi connectivity index (χ1) is 12.2. The number of nitrogens with zero attached hydrogens (tertiary/aromatic N) is 1. The van der Waals surface area contributed by atoms with E-state index < -0.39 is 25.9 Å². The summed E-state index contributed by atoms with van der Waals surface area (Å²) >= 11 is 0. The summed E-state index contributed by atoms with van der Waals surface area (Å²) in [5.74, 6) is -0.789. The van der Waals surface area contributed by atoms with Crippen LogP contribution in [0.4, 0.5) is 15.3 Å². The van der Waals surface area contributed by atoms with E-state index in [1.54, 1.807) is 0 Å². The molecular weight excluding hydrogens is 367 g/mol. The molecule has 0 saturated carbocycles. The Hall–Kier alpha value is -3.27. The van der Waals surface area contributed by atoms with E-state index in [4.69, 9.17) is 4.74 Å². The molecule has 1 amide bonds. The molecule has 0 radical (unpaired) electrons. The maximum Gasteiger partial charge on any atom is 0.335 e. The van der Waals surface area contributed by atoms with E-state index in [1.165, 1.54) is 49.6 Å². The van der Waals surface area contributed by atoms with E-state index in [0.717, 1.165) is 12.1 Å². The second-order valence-corrected chi connectivity index (χ2v) is 6.29. The molecule has 0 atom stereocenters. The van der Waals surface area contributed by atoms with Gasteiger partial charge in [-0.2, -0.15) is 8.42 Å². The molecule has 0 spiro atoms. The van der Waals surface area contributed by atoms with Gasteiger partial charge in [-0.3, -0.25) is 14.9 Å². The third-order valence-electron chi connectivity index (χ3n) is 3.22. The summed E-state index contributed by atoms with van der Waals surface area (Å²) in [4.78, 5) is 21.2. The summed E-state index contributed by atoms with van der Waals surface area (Å²) in [7, 11) is -3.83. The summed E-state index contributed by atoms with van der Waals surface area (Å²) in [5, 5.41) is 13.0. The molecule has 0 unspecified atom stereocenters. The minimum atomic E-state index is -5.02. The number of ether oxygens (including phenoxy) is 1. The van der Waals surface area contributed by atoms with Crippen LogP contribution in [0.3, 0.4) is 0 Å². The molecule has 0 bridgehead atoms. The van der Waals surface area contributed by atoms with Gasteiger partial charge in [0.05, 0.1) is 12.0 Å². The Bertz CT molecular complexity index is 971. The number of carbonyl (C=O) groups is 1. The summed E-state index contributed by atoms with van der Waals surface area (Å²) in [5.41, 5.74) is 0.526.